The first-order valence-corrected chi connectivity index (χ1v) is 7.09. The number of benzene rings is 1. The van der Waals surface area contributed by atoms with Gasteiger partial charge >= 0.3 is 0 Å². The zero-order chi connectivity index (χ0) is 11.5. The van der Waals surface area contributed by atoms with Crippen LogP contribution in [0.1, 0.15) is 5.01 Å². The van der Waals surface area contributed by atoms with E-state index in [2.05, 4.69) is 32.9 Å². The Morgan fingerprint density at radius 1 is 1.38 bits per heavy atom. The highest BCUT2D eigenvalue weighted by Gasteiger charge is 2.02. The summed E-state index contributed by atoms with van der Waals surface area (Å²) in [6.45, 7) is 0.676. The van der Waals surface area contributed by atoms with Gasteiger partial charge in [0.2, 0.25) is 0 Å². The van der Waals surface area contributed by atoms with Gasteiger partial charge in [0.1, 0.15) is 9.34 Å². The number of anilines is 1. The van der Waals surface area contributed by atoms with Crippen LogP contribution in [-0.2, 0) is 6.54 Å². The first kappa shape index (κ1) is 12.4. The molecule has 1 N–H and O–H groups in total. The van der Waals surface area contributed by atoms with Crippen molar-refractivity contribution in [2.45, 2.75) is 6.54 Å². The maximum atomic E-state index is 5.88. The van der Waals surface area contributed by atoms with E-state index in [1.807, 2.05) is 18.2 Å². The molecule has 16 heavy (non-hydrogen) atoms. The van der Waals surface area contributed by atoms with Crippen molar-refractivity contribution in [3.63, 3.8) is 0 Å². The molecule has 0 aliphatic heterocycles. The Morgan fingerprint density at radius 3 is 2.81 bits per heavy atom. The number of thiazole rings is 1. The first-order chi connectivity index (χ1) is 7.65. The van der Waals surface area contributed by atoms with Gasteiger partial charge in [0.05, 0.1) is 12.7 Å². The minimum atomic E-state index is 0.676. The van der Waals surface area contributed by atoms with Crippen LogP contribution < -0.4 is 5.32 Å². The van der Waals surface area contributed by atoms with Gasteiger partial charge in [0.25, 0.3) is 0 Å². The van der Waals surface area contributed by atoms with Gasteiger partial charge in [0.15, 0.2) is 0 Å². The van der Waals surface area contributed by atoms with Crippen molar-refractivity contribution in [2.24, 2.45) is 0 Å². The third-order valence-corrected chi connectivity index (χ3v) is 4.13. The molecule has 0 saturated carbocycles. The molecule has 2 aromatic rings. The molecular weight excluding hydrogens is 378 g/mol. The summed E-state index contributed by atoms with van der Waals surface area (Å²) in [7, 11) is 0. The van der Waals surface area contributed by atoms with Crippen molar-refractivity contribution in [2.75, 3.05) is 5.32 Å². The predicted octanol–water partition coefficient (Wildman–Crippen LogP) is 4.67. The van der Waals surface area contributed by atoms with Crippen molar-refractivity contribution >= 4 is 62.8 Å². The normalized spacial score (nSPS) is 10.4. The minimum absolute atomic E-state index is 0.676. The van der Waals surface area contributed by atoms with Crippen molar-refractivity contribution < 1.29 is 0 Å². The number of halogens is 3. The second kappa shape index (κ2) is 5.53. The number of nitrogens with one attached hydrogen (secondary N) is 1. The Bertz CT molecular complexity index is 501. The quantitative estimate of drug-likeness (QED) is 0.778. The lowest BCUT2D eigenvalue weighted by molar-refractivity contribution is 1.10. The van der Waals surface area contributed by atoms with Crippen LogP contribution in [0, 0.1) is 3.57 Å². The van der Waals surface area contributed by atoms with Crippen LogP contribution >= 0.6 is 57.1 Å². The second-order valence-corrected chi connectivity index (χ2v) is 6.38. The summed E-state index contributed by atoms with van der Waals surface area (Å²) in [4.78, 5) is 4.17. The van der Waals surface area contributed by atoms with E-state index in [0.29, 0.717) is 10.9 Å². The molecule has 0 aliphatic carbocycles. The third kappa shape index (κ3) is 3.23. The summed E-state index contributed by atoms with van der Waals surface area (Å²) in [5, 5.41) is 5.00. The number of aromatic nitrogens is 1. The van der Waals surface area contributed by atoms with Gasteiger partial charge in [-0.25, -0.2) is 4.98 Å². The molecule has 1 aromatic carbocycles. The van der Waals surface area contributed by atoms with E-state index in [0.717, 1.165) is 19.3 Å². The number of hydrogen-bond acceptors (Lipinski definition) is 3. The van der Waals surface area contributed by atoms with Gasteiger partial charge < -0.3 is 5.32 Å². The van der Waals surface area contributed by atoms with Crippen LogP contribution in [0.3, 0.4) is 0 Å². The van der Waals surface area contributed by atoms with E-state index in [1.54, 1.807) is 6.20 Å². The highest BCUT2D eigenvalue weighted by atomic mass is 127. The van der Waals surface area contributed by atoms with Crippen molar-refractivity contribution in [3.05, 3.63) is 42.3 Å². The zero-order valence-corrected chi connectivity index (χ0v) is 12.5. The molecule has 2 rings (SSSR count). The average molecular weight is 385 g/mol. The summed E-state index contributed by atoms with van der Waals surface area (Å²) in [5.41, 5.74) is 1.05. The lowest BCUT2D eigenvalue weighted by Gasteiger charge is -2.06. The highest BCUT2D eigenvalue weighted by Crippen LogP contribution is 2.24. The molecule has 0 saturated heterocycles. The van der Waals surface area contributed by atoms with Gasteiger partial charge in [-0.2, -0.15) is 0 Å². The molecule has 0 radical (unpaired) electrons. The summed E-state index contributed by atoms with van der Waals surface area (Å²) in [6, 6.07) is 5.74. The van der Waals surface area contributed by atoms with E-state index in [9.17, 15) is 0 Å². The van der Waals surface area contributed by atoms with Crippen molar-refractivity contribution in [1.29, 1.82) is 0 Å². The Morgan fingerprint density at radius 2 is 2.19 bits per heavy atom. The first-order valence-electron chi connectivity index (χ1n) is 4.44. The number of rotatable bonds is 3. The standard InChI is InChI=1S/C10H7Cl2IN2S/c11-6-1-2-8(7(13)3-6)14-5-10-15-4-9(12)16-10/h1-4,14H,5H2. The molecule has 0 unspecified atom stereocenters. The topological polar surface area (TPSA) is 24.9 Å². The Kier molecular flexibility index (Phi) is 4.29. The van der Waals surface area contributed by atoms with Gasteiger partial charge in [-0.05, 0) is 40.8 Å². The number of nitrogens with zero attached hydrogens (tertiary/aromatic N) is 1. The molecule has 84 valence electrons. The number of hydrogen-bond donors (Lipinski definition) is 1. The van der Waals surface area contributed by atoms with Crippen molar-refractivity contribution in [3.8, 4) is 0 Å². The fourth-order valence-electron chi connectivity index (χ4n) is 1.17. The summed E-state index contributed by atoms with van der Waals surface area (Å²) in [5.74, 6) is 0. The van der Waals surface area contributed by atoms with Crippen LogP contribution in [0.2, 0.25) is 9.36 Å². The van der Waals surface area contributed by atoms with Crippen LogP contribution in [-0.4, -0.2) is 4.98 Å². The van der Waals surface area contributed by atoms with Gasteiger partial charge in [-0.3, -0.25) is 0 Å². The summed E-state index contributed by atoms with van der Waals surface area (Å²) in [6.07, 6.45) is 1.66. The molecule has 2 nitrogen and oxygen atoms in total. The Hall–Kier alpha value is -0.0400. The van der Waals surface area contributed by atoms with Gasteiger partial charge in [-0.15, -0.1) is 11.3 Å². The van der Waals surface area contributed by atoms with E-state index in [4.69, 9.17) is 23.2 Å². The smallest absolute Gasteiger partial charge is 0.113 e. The van der Waals surface area contributed by atoms with Crippen LogP contribution in [0.4, 0.5) is 5.69 Å². The van der Waals surface area contributed by atoms with Gasteiger partial charge in [-0.1, -0.05) is 23.2 Å². The van der Waals surface area contributed by atoms with Crippen molar-refractivity contribution in [1.82, 2.24) is 4.98 Å². The van der Waals surface area contributed by atoms with Gasteiger partial charge in [0, 0.05) is 14.3 Å². The Labute approximate surface area is 121 Å². The third-order valence-electron chi connectivity index (χ3n) is 1.89. The molecule has 6 heteroatoms. The SMILES string of the molecule is Clc1ccc(NCc2ncc(Cl)s2)c(I)c1. The predicted molar refractivity (Wildman–Crippen MR) is 78.6 cm³/mol. The molecule has 0 bridgehead atoms. The monoisotopic (exact) mass is 384 g/mol. The van der Waals surface area contributed by atoms with Crippen LogP contribution in [0.5, 0.6) is 0 Å². The fourth-order valence-corrected chi connectivity index (χ4v) is 3.13. The fraction of sp³-hybridized carbons (Fsp3) is 0.100. The van der Waals surface area contributed by atoms with E-state index >= 15 is 0 Å². The Balaban J connectivity index is 2.04. The maximum absolute atomic E-state index is 5.88. The highest BCUT2D eigenvalue weighted by molar-refractivity contribution is 14.1. The lowest BCUT2D eigenvalue weighted by Crippen LogP contribution is -2.00. The summed E-state index contributed by atoms with van der Waals surface area (Å²) < 4.78 is 1.80. The molecule has 0 fully saturated rings. The van der Waals surface area contributed by atoms with E-state index < -0.39 is 0 Å². The minimum Gasteiger partial charge on any atom is -0.378 e. The summed E-state index contributed by atoms with van der Waals surface area (Å²) >= 11 is 15.4. The van der Waals surface area contributed by atoms with E-state index in [1.165, 1.54) is 11.3 Å². The lowest BCUT2D eigenvalue weighted by atomic mass is 10.3. The maximum Gasteiger partial charge on any atom is 0.113 e. The molecular formula is C10H7Cl2IN2S. The molecule has 1 heterocycles. The molecule has 0 amide bonds. The van der Waals surface area contributed by atoms with E-state index in [-0.39, 0.29) is 0 Å². The van der Waals surface area contributed by atoms with Crippen LogP contribution in [0.15, 0.2) is 24.4 Å². The largest absolute Gasteiger partial charge is 0.378 e. The molecule has 0 atom stereocenters. The molecule has 0 aliphatic rings. The molecule has 0 spiro atoms. The second-order valence-electron chi connectivity index (χ2n) is 3.04. The zero-order valence-electron chi connectivity index (χ0n) is 8.01. The van der Waals surface area contributed by atoms with Crippen LogP contribution in [0.25, 0.3) is 0 Å². The molecule has 1 aromatic heterocycles. The average Bonchev–Trinajstić information content (AvgIpc) is 2.63.